The molecular weight excluding hydrogens is 160 g/mol. The molecule has 0 heterocycles. The Morgan fingerprint density at radius 1 is 1.54 bits per heavy atom. The molecule has 2 N–H and O–H groups in total. The van der Waals surface area contributed by atoms with Crippen LogP contribution in [0.4, 0.5) is 0 Å². The van der Waals surface area contributed by atoms with Gasteiger partial charge in [0.2, 0.25) is 0 Å². The van der Waals surface area contributed by atoms with Crippen molar-refractivity contribution in [3.05, 3.63) is 12.7 Å². The molecule has 0 aromatic rings. The second-order valence-electron chi connectivity index (χ2n) is 4.18. The normalized spacial score (nSPS) is 15.8. The quantitative estimate of drug-likeness (QED) is 0.484. The molecule has 1 atom stereocenters. The van der Waals surface area contributed by atoms with Crippen molar-refractivity contribution in [2.45, 2.75) is 38.6 Å². The number of hydrogen-bond acceptors (Lipinski definition) is 2. The number of nitrogens with two attached hydrogens (primary N) is 1. The van der Waals surface area contributed by atoms with E-state index in [1.165, 1.54) is 6.42 Å². The van der Waals surface area contributed by atoms with Crippen molar-refractivity contribution in [3.63, 3.8) is 0 Å². The van der Waals surface area contributed by atoms with Gasteiger partial charge in [-0.05, 0) is 39.8 Å². The zero-order valence-corrected chi connectivity index (χ0v) is 9.34. The minimum atomic E-state index is -0.0388. The van der Waals surface area contributed by atoms with Gasteiger partial charge in [-0.3, -0.25) is 0 Å². The molecule has 0 amide bonds. The van der Waals surface area contributed by atoms with Gasteiger partial charge in [0.05, 0.1) is 0 Å². The van der Waals surface area contributed by atoms with Crippen LogP contribution in [0.2, 0.25) is 0 Å². The molecule has 2 heteroatoms. The zero-order chi connectivity index (χ0) is 10.3. The molecule has 1 unspecified atom stereocenters. The topological polar surface area (TPSA) is 29.3 Å². The molecular formula is C11H24N2. The summed E-state index contributed by atoms with van der Waals surface area (Å²) < 4.78 is 0. The van der Waals surface area contributed by atoms with Crippen molar-refractivity contribution < 1.29 is 0 Å². The van der Waals surface area contributed by atoms with Crippen LogP contribution in [0.15, 0.2) is 12.7 Å². The summed E-state index contributed by atoms with van der Waals surface area (Å²) in [6.45, 7) is 10.0. The highest BCUT2D eigenvalue weighted by molar-refractivity contribution is 4.80. The first kappa shape index (κ1) is 12.7. The molecule has 0 saturated carbocycles. The standard InChI is InChI=1S/C11H24N2/c1-5-7-8-9-13(4)10-11(3,12)6-2/h5H,1,6-10,12H2,2-4H3. The number of allylic oxidation sites excluding steroid dienone is 1. The summed E-state index contributed by atoms with van der Waals surface area (Å²) in [5.41, 5.74) is 6.02. The van der Waals surface area contributed by atoms with Crippen LogP contribution in [0.25, 0.3) is 0 Å². The first-order valence-corrected chi connectivity index (χ1v) is 5.10. The summed E-state index contributed by atoms with van der Waals surface area (Å²) in [5, 5.41) is 0. The van der Waals surface area contributed by atoms with Crippen molar-refractivity contribution >= 4 is 0 Å². The van der Waals surface area contributed by atoms with Crippen molar-refractivity contribution in [3.8, 4) is 0 Å². The van der Waals surface area contributed by atoms with E-state index in [-0.39, 0.29) is 5.54 Å². The van der Waals surface area contributed by atoms with E-state index in [1.807, 2.05) is 6.08 Å². The monoisotopic (exact) mass is 184 g/mol. The van der Waals surface area contributed by atoms with E-state index >= 15 is 0 Å². The first-order chi connectivity index (χ1) is 6.02. The molecule has 0 radical (unpaired) electrons. The maximum atomic E-state index is 6.06. The van der Waals surface area contributed by atoms with Crippen LogP contribution in [0.5, 0.6) is 0 Å². The predicted octanol–water partition coefficient (Wildman–Crippen LogP) is 2.01. The predicted molar refractivity (Wildman–Crippen MR) is 59.8 cm³/mol. The maximum absolute atomic E-state index is 6.06. The van der Waals surface area contributed by atoms with E-state index in [4.69, 9.17) is 5.73 Å². The van der Waals surface area contributed by atoms with Gasteiger partial charge in [-0.2, -0.15) is 0 Å². The molecule has 0 aromatic carbocycles. The molecule has 0 fully saturated rings. The van der Waals surface area contributed by atoms with Crippen LogP contribution < -0.4 is 5.73 Å². The summed E-state index contributed by atoms with van der Waals surface area (Å²) in [7, 11) is 2.13. The molecule has 0 aliphatic carbocycles. The Morgan fingerprint density at radius 2 is 2.15 bits per heavy atom. The molecule has 0 aromatic heterocycles. The highest BCUT2D eigenvalue weighted by atomic mass is 15.1. The molecule has 13 heavy (non-hydrogen) atoms. The van der Waals surface area contributed by atoms with Crippen molar-refractivity contribution in [2.24, 2.45) is 5.73 Å². The van der Waals surface area contributed by atoms with E-state index in [2.05, 4.69) is 32.4 Å². The average Bonchev–Trinajstić information content (AvgIpc) is 2.04. The third kappa shape index (κ3) is 6.79. The van der Waals surface area contributed by atoms with Crippen LogP contribution in [-0.2, 0) is 0 Å². The molecule has 78 valence electrons. The number of hydrogen-bond donors (Lipinski definition) is 1. The van der Waals surface area contributed by atoms with Crippen LogP contribution in [0.1, 0.15) is 33.1 Å². The van der Waals surface area contributed by atoms with Crippen LogP contribution in [0, 0.1) is 0 Å². The largest absolute Gasteiger partial charge is 0.324 e. The number of unbranched alkanes of at least 4 members (excludes halogenated alkanes) is 1. The van der Waals surface area contributed by atoms with E-state index in [0.717, 1.165) is 25.9 Å². The Balaban J connectivity index is 3.60. The Morgan fingerprint density at radius 3 is 2.62 bits per heavy atom. The Bertz CT molecular complexity index is 141. The fourth-order valence-electron chi connectivity index (χ4n) is 1.31. The van der Waals surface area contributed by atoms with Gasteiger partial charge in [-0.15, -0.1) is 6.58 Å². The summed E-state index contributed by atoms with van der Waals surface area (Å²) in [4.78, 5) is 2.30. The fraction of sp³-hybridized carbons (Fsp3) is 0.818. The SMILES string of the molecule is C=CCCCN(C)CC(C)(N)CC. The van der Waals surface area contributed by atoms with Gasteiger partial charge in [0.15, 0.2) is 0 Å². The summed E-state index contributed by atoms with van der Waals surface area (Å²) in [6.07, 6.45) is 5.27. The van der Waals surface area contributed by atoms with Crippen molar-refractivity contribution in [1.82, 2.24) is 4.90 Å². The Hall–Kier alpha value is -0.340. The lowest BCUT2D eigenvalue weighted by atomic mass is 10.00. The maximum Gasteiger partial charge on any atom is 0.0251 e. The van der Waals surface area contributed by atoms with E-state index in [0.29, 0.717) is 0 Å². The lowest BCUT2D eigenvalue weighted by molar-refractivity contribution is 0.251. The number of rotatable bonds is 7. The molecule has 2 nitrogen and oxygen atoms in total. The highest BCUT2D eigenvalue weighted by Crippen LogP contribution is 2.06. The lowest BCUT2D eigenvalue weighted by Crippen LogP contribution is -2.46. The lowest BCUT2D eigenvalue weighted by Gasteiger charge is -2.29. The highest BCUT2D eigenvalue weighted by Gasteiger charge is 2.17. The second-order valence-corrected chi connectivity index (χ2v) is 4.18. The number of likely N-dealkylation sites (N-methyl/N-ethyl adjacent to an activating group) is 1. The van der Waals surface area contributed by atoms with Crippen LogP contribution in [0.3, 0.4) is 0 Å². The molecule has 0 rings (SSSR count). The minimum absolute atomic E-state index is 0.0388. The van der Waals surface area contributed by atoms with Crippen LogP contribution >= 0.6 is 0 Å². The summed E-state index contributed by atoms with van der Waals surface area (Å²) in [6, 6.07) is 0. The Labute approximate surface area is 82.8 Å². The van der Waals surface area contributed by atoms with Crippen molar-refractivity contribution in [1.29, 1.82) is 0 Å². The second kappa shape index (κ2) is 6.17. The van der Waals surface area contributed by atoms with E-state index < -0.39 is 0 Å². The van der Waals surface area contributed by atoms with Gasteiger partial charge >= 0.3 is 0 Å². The van der Waals surface area contributed by atoms with E-state index in [1.54, 1.807) is 0 Å². The third-order valence-corrected chi connectivity index (χ3v) is 2.39. The van der Waals surface area contributed by atoms with Crippen LogP contribution in [-0.4, -0.2) is 30.6 Å². The van der Waals surface area contributed by atoms with Crippen molar-refractivity contribution in [2.75, 3.05) is 20.1 Å². The van der Waals surface area contributed by atoms with Gasteiger partial charge in [-0.1, -0.05) is 13.0 Å². The smallest absolute Gasteiger partial charge is 0.0251 e. The van der Waals surface area contributed by atoms with Gasteiger partial charge in [-0.25, -0.2) is 0 Å². The van der Waals surface area contributed by atoms with Gasteiger partial charge < -0.3 is 10.6 Å². The summed E-state index contributed by atoms with van der Waals surface area (Å²) >= 11 is 0. The Kier molecular flexibility index (Phi) is 6.00. The molecule has 0 spiro atoms. The fourth-order valence-corrected chi connectivity index (χ4v) is 1.31. The molecule has 0 bridgehead atoms. The van der Waals surface area contributed by atoms with Gasteiger partial charge in [0.1, 0.15) is 0 Å². The third-order valence-electron chi connectivity index (χ3n) is 2.39. The molecule has 0 aliphatic heterocycles. The van der Waals surface area contributed by atoms with Gasteiger partial charge in [0, 0.05) is 12.1 Å². The minimum Gasteiger partial charge on any atom is -0.324 e. The number of nitrogens with zero attached hydrogens (tertiary/aromatic N) is 1. The summed E-state index contributed by atoms with van der Waals surface area (Å²) in [5.74, 6) is 0. The van der Waals surface area contributed by atoms with E-state index in [9.17, 15) is 0 Å². The molecule has 0 saturated heterocycles. The first-order valence-electron chi connectivity index (χ1n) is 5.10. The van der Waals surface area contributed by atoms with Gasteiger partial charge in [0.25, 0.3) is 0 Å². The zero-order valence-electron chi connectivity index (χ0n) is 9.34. The average molecular weight is 184 g/mol. The molecule has 0 aliphatic rings.